The van der Waals surface area contributed by atoms with Crippen LogP contribution in [-0.4, -0.2) is 167 Å². The molecule has 142 heavy (non-hydrogen) atoms. The van der Waals surface area contributed by atoms with Gasteiger partial charge in [-0.1, -0.05) is 193 Å². The number of nitrogens with one attached hydrogen (secondary N) is 4. The van der Waals surface area contributed by atoms with E-state index in [1.54, 1.807) is 0 Å². The average molecular weight is 2000 g/mol. The molecule has 10 rings (SSSR count). The highest BCUT2D eigenvalue weighted by atomic mass is 16.7. The first-order valence-electron chi connectivity index (χ1n) is 55.7. The van der Waals surface area contributed by atoms with Crippen LogP contribution in [0.25, 0.3) is 0 Å². The largest absolute Gasteiger partial charge is 0.507 e. The molecule has 8 fully saturated rings. The predicted molar refractivity (Wildman–Crippen MR) is 585 cm³/mol. The highest BCUT2D eigenvalue weighted by molar-refractivity contribution is 5.78. The summed E-state index contributed by atoms with van der Waals surface area (Å²) < 4.78 is 47.2. The van der Waals surface area contributed by atoms with Gasteiger partial charge in [-0.15, -0.1) is 0 Å². The maximum Gasteiger partial charge on any atom is 0.309 e. The number of phenols is 1. The van der Waals surface area contributed by atoms with E-state index in [0.717, 1.165) is 156 Å². The molecule has 0 amide bonds. The first kappa shape index (κ1) is 125. The number of hydroxylamine groups is 4. The lowest BCUT2D eigenvalue weighted by molar-refractivity contribution is -0.259. The molecule has 0 spiro atoms. The van der Waals surface area contributed by atoms with Gasteiger partial charge in [0, 0.05) is 170 Å². The number of aromatic hydroxyl groups is 1. The van der Waals surface area contributed by atoms with Crippen LogP contribution in [0.4, 0.5) is 0 Å². The van der Waals surface area contributed by atoms with E-state index < -0.39 is 28.6 Å². The first-order valence-corrected chi connectivity index (χ1v) is 55.7. The molecule has 0 bridgehead atoms. The van der Waals surface area contributed by atoms with Crippen molar-refractivity contribution in [2.24, 2.45) is 17.8 Å². The SMILES string of the molecule is C=C(CCCCCCCC(CC)C(=O)OC1CC(C)(C)NC(C)(C)C1)OC1CC(C)(C)NC(C)(C)C1.C=C(CCCCCCCCC(=O)OC1CC(C)(C)NC(C)(C)C1)OC1CC(C)(C)NC(C)(C)C1.CC1(C)CC(OC(=O)CCC(=O)OC2CC(C)(C)N(O)C(C)(C)C2)CCN1O.CC1CCC(c2cc(C(C)(C)C)c(O)c(C(C)(C)C)c2)CC1.Cc1c(C(C)(C)C)cc(C2OCC(C)CO2)cc1C(C)(C)C.[HH]. The highest BCUT2D eigenvalue weighted by Gasteiger charge is 2.49. The van der Waals surface area contributed by atoms with Crippen LogP contribution in [-0.2, 0) is 78.7 Å². The van der Waals surface area contributed by atoms with Gasteiger partial charge in [-0.25, -0.2) is 0 Å². The third-order valence-corrected chi connectivity index (χ3v) is 30.2. The lowest BCUT2D eigenvalue weighted by atomic mass is 9.74. The van der Waals surface area contributed by atoms with Gasteiger partial charge in [0.05, 0.1) is 43.5 Å². The van der Waals surface area contributed by atoms with Crippen molar-refractivity contribution in [3.05, 3.63) is 87.9 Å². The van der Waals surface area contributed by atoms with Crippen molar-refractivity contribution < 1.29 is 74.0 Å². The van der Waals surface area contributed by atoms with Gasteiger partial charge in [-0.05, 0) is 290 Å². The second-order valence-corrected chi connectivity index (χ2v) is 56.2. The number of piperidine rings is 6. The molecule has 2 aromatic carbocycles. The fourth-order valence-corrected chi connectivity index (χ4v) is 24.6. The monoisotopic (exact) mass is 1990 g/mol. The van der Waals surface area contributed by atoms with Crippen LogP contribution >= 0.6 is 0 Å². The molecule has 7 heterocycles. The number of hydrogen-bond acceptors (Lipinski definition) is 21. The second kappa shape index (κ2) is 51.5. The number of rotatable bonds is 32. The summed E-state index contributed by atoms with van der Waals surface area (Å²) in [5, 5.41) is 48.3. The average Bonchev–Trinajstić information content (AvgIpc) is 0.800. The third kappa shape index (κ3) is 43.0. The predicted octanol–water partition coefficient (Wildman–Crippen LogP) is 28.9. The van der Waals surface area contributed by atoms with Gasteiger partial charge >= 0.3 is 23.9 Å². The van der Waals surface area contributed by atoms with E-state index in [4.69, 9.17) is 37.9 Å². The van der Waals surface area contributed by atoms with E-state index >= 15 is 0 Å². The lowest BCUT2D eigenvalue weighted by Gasteiger charge is -2.50. The molecule has 1 saturated carbocycles. The molecule has 8 aliphatic rings. The van der Waals surface area contributed by atoms with E-state index in [1.165, 1.54) is 96.6 Å². The van der Waals surface area contributed by atoms with Crippen molar-refractivity contribution in [3.63, 3.8) is 0 Å². The summed E-state index contributed by atoms with van der Waals surface area (Å²) in [6.07, 6.45) is 31.4. The molecule has 2 atom stereocenters. The summed E-state index contributed by atoms with van der Waals surface area (Å²) in [6, 6.07) is 9.13. The number of nitrogens with zero attached hydrogens (tertiary/aromatic N) is 2. The lowest BCUT2D eigenvalue weighted by Crippen LogP contribution is -2.60. The molecule has 21 nitrogen and oxygen atoms in total. The summed E-state index contributed by atoms with van der Waals surface area (Å²) in [5.41, 5.74) is 8.10. The minimum Gasteiger partial charge on any atom is -0.507 e. The minimum absolute atomic E-state index is 0. The molecular formula is C121H216N6O15. The summed E-state index contributed by atoms with van der Waals surface area (Å²) in [4.78, 5) is 49.5. The van der Waals surface area contributed by atoms with Crippen molar-refractivity contribution in [1.29, 1.82) is 0 Å². The van der Waals surface area contributed by atoms with Crippen LogP contribution in [0.15, 0.2) is 48.9 Å². The van der Waals surface area contributed by atoms with Gasteiger partial charge in [0.25, 0.3) is 0 Å². The summed E-state index contributed by atoms with van der Waals surface area (Å²) in [7, 11) is 0. The second-order valence-electron chi connectivity index (χ2n) is 56.2. The minimum atomic E-state index is -0.500. The summed E-state index contributed by atoms with van der Waals surface area (Å²) in [5.74, 6) is 3.55. The standard InChI is InChI=1S/C31H58N2O3.C29H54N2O3.C21H34O.C20H36N2O6.C20H32O2.H2/c1-11-24(27(34)36-26-21-30(7,8)33-31(9,10)22-26)18-16-14-12-13-15-17-23(2)35-25-19-28(3,4)32-29(5,6)20-25;1-22(33-23-18-26(2,3)30-27(4,5)19-23)16-14-12-10-11-13-15-17-25(32)34-24-20-28(6,7)31-29(8,9)21-24;1-14-8-10-15(11-9-14)16-12-17(20(2,3)4)19(22)18(13-16)21(5,6)7;1-18(2)11-14(9-10-21(18)25)27-16(23)7-8-17(24)28-15-12-19(3,4)22(26)20(5,6)13-15;1-13-11-21-18(22-12-13)15-9-16(19(3,4)5)14(2)17(10-15)20(6,7)8;/h24-26,32-33H,2,11-22H2,1,3-10H3;23-24,30-31H,1,10-21H2,2-9H3;12-15,22H,8-11H2,1-7H3;14-15,25-26H,7-13H2,1-6H3;9-10,13,18H,11-12H2,1-8H3;1H. The Bertz CT molecular complexity index is 3990. The number of carbonyl (C=O) groups excluding carboxylic acids is 4. The Morgan fingerprint density at radius 2 is 0.697 bits per heavy atom. The Morgan fingerprint density at radius 1 is 0.394 bits per heavy atom. The highest BCUT2D eigenvalue weighted by Crippen LogP contribution is 2.47. The normalized spacial score (nSPS) is 24.7. The molecular weight excluding hydrogens is 1780 g/mol. The van der Waals surface area contributed by atoms with E-state index in [-0.39, 0.29) is 141 Å². The number of ether oxygens (including phenoxy) is 8. The maximum atomic E-state index is 12.9. The Morgan fingerprint density at radius 3 is 1.05 bits per heavy atom. The van der Waals surface area contributed by atoms with Gasteiger partial charge in [0.1, 0.15) is 42.4 Å². The molecule has 2 aromatic rings. The Kier molecular flexibility index (Phi) is 45.5. The van der Waals surface area contributed by atoms with E-state index in [0.29, 0.717) is 56.2 Å². The molecule has 7 saturated heterocycles. The zero-order chi connectivity index (χ0) is 108. The van der Waals surface area contributed by atoms with Gasteiger partial charge in [-0.3, -0.25) is 19.2 Å². The van der Waals surface area contributed by atoms with Gasteiger partial charge < -0.3 is 74.7 Å². The van der Waals surface area contributed by atoms with Crippen molar-refractivity contribution >= 4 is 23.9 Å². The molecule has 0 radical (unpaired) electrons. The number of hydrogen-bond donors (Lipinski definition) is 7. The molecule has 2 unspecified atom stereocenters. The number of allylic oxidation sites excluding steroid dienone is 2. The molecule has 21 heteroatoms. The number of phenolic OH excluding ortho intramolecular Hbond substituents is 1. The molecule has 7 aliphatic heterocycles. The first-order chi connectivity index (χ1) is 64.8. The van der Waals surface area contributed by atoms with Crippen LogP contribution < -0.4 is 21.3 Å². The molecule has 0 aromatic heterocycles. The van der Waals surface area contributed by atoms with Gasteiger partial charge in [-0.2, -0.15) is 10.1 Å². The summed E-state index contributed by atoms with van der Waals surface area (Å²) >= 11 is 0. The van der Waals surface area contributed by atoms with Crippen LogP contribution in [0.2, 0.25) is 0 Å². The van der Waals surface area contributed by atoms with Gasteiger partial charge in [0.2, 0.25) is 0 Å². The van der Waals surface area contributed by atoms with E-state index in [2.05, 4.69) is 280 Å². The topological polar surface area (TPSA) is 257 Å². The Labute approximate surface area is 868 Å². The summed E-state index contributed by atoms with van der Waals surface area (Å²) in [6.45, 7) is 93.0. The molecule has 7 N–H and O–H groups in total. The number of unbranched alkanes of at least 4 members (excludes halogenated alkanes) is 9. The zero-order valence-electron chi connectivity index (χ0n) is 97.9. The van der Waals surface area contributed by atoms with E-state index in [9.17, 15) is 34.7 Å². The smallest absolute Gasteiger partial charge is 0.309 e. The van der Waals surface area contributed by atoms with Crippen LogP contribution in [0.5, 0.6) is 5.75 Å². The number of carbonyl (C=O) groups is 4. The maximum absolute atomic E-state index is 12.9. The fourth-order valence-electron chi connectivity index (χ4n) is 24.6. The molecule has 1 aliphatic carbocycles. The Balaban J connectivity index is 0.000000318. The van der Waals surface area contributed by atoms with Crippen molar-refractivity contribution in [2.45, 2.75) is 613 Å². The van der Waals surface area contributed by atoms with Crippen LogP contribution in [0, 0.1) is 24.7 Å². The third-order valence-electron chi connectivity index (χ3n) is 30.2. The number of benzene rings is 2. The number of esters is 4. The van der Waals surface area contributed by atoms with Crippen LogP contribution in [0.3, 0.4) is 0 Å². The quantitative estimate of drug-likeness (QED) is 0.0155. The van der Waals surface area contributed by atoms with Crippen molar-refractivity contribution in [3.8, 4) is 5.75 Å². The van der Waals surface area contributed by atoms with E-state index in [1.807, 2.05) is 41.5 Å². The van der Waals surface area contributed by atoms with Crippen LogP contribution in [0.1, 0.15) is 527 Å². The Hall–Kier alpha value is -5.20. The van der Waals surface area contributed by atoms with Crippen molar-refractivity contribution in [2.75, 3.05) is 19.8 Å². The zero-order valence-corrected chi connectivity index (χ0v) is 97.9. The molecule has 820 valence electrons. The van der Waals surface area contributed by atoms with Gasteiger partial charge in [0.15, 0.2) is 6.29 Å². The van der Waals surface area contributed by atoms with Crippen molar-refractivity contribution in [1.82, 2.24) is 31.4 Å². The fraction of sp³-hybridized carbons (Fsp3) is 0.835.